The van der Waals surface area contributed by atoms with Gasteiger partial charge in [-0.15, -0.1) is 0 Å². The van der Waals surface area contributed by atoms with Crippen LogP contribution in [0.15, 0.2) is 63.9 Å². The van der Waals surface area contributed by atoms with Gasteiger partial charge in [0.2, 0.25) is 0 Å². The van der Waals surface area contributed by atoms with Gasteiger partial charge in [0.25, 0.3) is 0 Å². The number of fused-ring (bicyclic) bond motifs is 3. The first-order valence-corrected chi connectivity index (χ1v) is 6.83. The van der Waals surface area contributed by atoms with E-state index in [1.54, 1.807) is 7.11 Å². The molecule has 0 amide bonds. The second-order valence-electron chi connectivity index (χ2n) is 4.92. The molecule has 0 saturated carbocycles. The van der Waals surface area contributed by atoms with Crippen molar-refractivity contribution >= 4 is 16.4 Å². The molecule has 0 saturated heterocycles. The molecule has 5 nitrogen and oxygen atoms in total. The zero-order chi connectivity index (χ0) is 15.1. The number of benzene rings is 2. The summed E-state index contributed by atoms with van der Waals surface area (Å²) in [5, 5.41) is 4.95. The Morgan fingerprint density at radius 2 is 1.82 bits per heavy atom. The highest BCUT2D eigenvalue weighted by atomic mass is 16.5. The number of methoxy groups -OCH3 is 1. The fraction of sp³-hybridized carbons (Fsp3) is 0.0588. The largest absolute Gasteiger partial charge is 0.496 e. The summed E-state index contributed by atoms with van der Waals surface area (Å²) in [6, 6.07) is 17.1. The summed E-state index contributed by atoms with van der Waals surface area (Å²) in [5.41, 5.74) is 2.85. The van der Waals surface area contributed by atoms with Gasteiger partial charge in [-0.05, 0) is 24.3 Å². The Hall–Kier alpha value is -3.08. The molecule has 0 aliphatic rings. The Morgan fingerprint density at radius 3 is 2.68 bits per heavy atom. The molecule has 4 aromatic rings. The van der Waals surface area contributed by atoms with Crippen molar-refractivity contribution in [1.82, 2.24) is 9.56 Å². The molecule has 4 rings (SSSR count). The van der Waals surface area contributed by atoms with Gasteiger partial charge in [0.05, 0.1) is 18.1 Å². The molecule has 5 heteroatoms. The van der Waals surface area contributed by atoms with E-state index in [0.29, 0.717) is 17.0 Å². The Kier molecular flexibility index (Phi) is 2.72. The predicted octanol–water partition coefficient (Wildman–Crippen LogP) is 3.12. The van der Waals surface area contributed by atoms with Gasteiger partial charge in [0.15, 0.2) is 0 Å². The number of rotatable bonds is 2. The summed E-state index contributed by atoms with van der Waals surface area (Å²) in [5.74, 6) is 0.172. The van der Waals surface area contributed by atoms with Crippen LogP contribution in [0.2, 0.25) is 0 Å². The van der Waals surface area contributed by atoms with Gasteiger partial charge in [0.1, 0.15) is 11.4 Å². The number of ether oxygens (including phenoxy) is 1. The highest BCUT2D eigenvalue weighted by Gasteiger charge is 2.16. The Bertz CT molecular complexity index is 1050. The van der Waals surface area contributed by atoms with E-state index in [4.69, 9.17) is 9.26 Å². The van der Waals surface area contributed by atoms with Crippen molar-refractivity contribution in [1.29, 1.82) is 0 Å². The van der Waals surface area contributed by atoms with E-state index < -0.39 is 5.76 Å². The zero-order valence-corrected chi connectivity index (χ0v) is 11.8. The minimum absolute atomic E-state index is 0.505. The van der Waals surface area contributed by atoms with Crippen molar-refractivity contribution in [3.8, 4) is 17.0 Å². The Balaban J connectivity index is 2.16. The number of nitrogens with zero attached hydrogens (tertiary/aromatic N) is 2. The molecular weight excluding hydrogens is 280 g/mol. The monoisotopic (exact) mass is 292 g/mol. The Labute approximate surface area is 125 Å². The van der Waals surface area contributed by atoms with Crippen LogP contribution in [-0.4, -0.2) is 16.7 Å². The maximum Gasteiger partial charge on any atom is 0.445 e. The van der Waals surface area contributed by atoms with Crippen LogP contribution < -0.4 is 10.5 Å². The molecule has 2 aromatic carbocycles. The molecule has 0 fully saturated rings. The average molecular weight is 292 g/mol. The molecule has 0 unspecified atom stereocenters. The lowest BCUT2D eigenvalue weighted by Gasteiger charge is -2.07. The van der Waals surface area contributed by atoms with E-state index in [0.717, 1.165) is 16.5 Å². The number of hydrogen-bond donors (Lipinski definition) is 0. The SMILES string of the molecule is COc1ccccc1-c1noc(=O)n2c1cc1ccccc12. The summed E-state index contributed by atoms with van der Waals surface area (Å²) >= 11 is 0. The first-order chi connectivity index (χ1) is 10.8. The lowest BCUT2D eigenvalue weighted by molar-refractivity contribution is 0.351. The molecular formula is C17H12N2O3. The van der Waals surface area contributed by atoms with Crippen LogP contribution in [0, 0.1) is 0 Å². The molecule has 0 aliphatic heterocycles. The van der Waals surface area contributed by atoms with Crippen molar-refractivity contribution in [3.05, 3.63) is 65.1 Å². The minimum atomic E-state index is -0.505. The number of aromatic nitrogens is 2. The second kappa shape index (κ2) is 4.73. The minimum Gasteiger partial charge on any atom is -0.496 e. The van der Waals surface area contributed by atoms with Gasteiger partial charge in [-0.25, -0.2) is 9.20 Å². The average Bonchev–Trinajstić information content (AvgIpc) is 2.95. The van der Waals surface area contributed by atoms with E-state index in [2.05, 4.69) is 5.16 Å². The molecule has 0 atom stereocenters. The molecule has 2 heterocycles. The van der Waals surface area contributed by atoms with Gasteiger partial charge in [-0.1, -0.05) is 35.5 Å². The third-order valence-electron chi connectivity index (χ3n) is 3.71. The maximum atomic E-state index is 12.1. The van der Waals surface area contributed by atoms with E-state index in [1.807, 2.05) is 54.6 Å². The first kappa shape index (κ1) is 12.6. The lowest BCUT2D eigenvalue weighted by Crippen LogP contribution is -2.12. The summed E-state index contributed by atoms with van der Waals surface area (Å²) in [4.78, 5) is 12.1. The van der Waals surface area contributed by atoms with Crippen LogP contribution in [0.3, 0.4) is 0 Å². The summed E-state index contributed by atoms with van der Waals surface area (Å²) in [6.07, 6.45) is 0. The van der Waals surface area contributed by atoms with Crippen LogP contribution in [-0.2, 0) is 0 Å². The van der Waals surface area contributed by atoms with Crippen LogP contribution in [0.25, 0.3) is 27.7 Å². The molecule has 2 aromatic heterocycles. The fourth-order valence-electron chi connectivity index (χ4n) is 2.73. The highest BCUT2D eigenvalue weighted by molar-refractivity contribution is 5.93. The van der Waals surface area contributed by atoms with Crippen molar-refractivity contribution in [2.45, 2.75) is 0 Å². The quantitative estimate of drug-likeness (QED) is 0.569. The van der Waals surface area contributed by atoms with Gasteiger partial charge in [0, 0.05) is 10.9 Å². The van der Waals surface area contributed by atoms with E-state index in [9.17, 15) is 4.79 Å². The smallest absolute Gasteiger partial charge is 0.445 e. The third kappa shape index (κ3) is 1.72. The number of hydrogen-bond acceptors (Lipinski definition) is 4. The molecule has 0 spiro atoms. The van der Waals surface area contributed by atoms with Gasteiger partial charge in [-0.3, -0.25) is 4.52 Å². The molecule has 108 valence electrons. The van der Waals surface area contributed by atoms with Crippen molar-refractivity contribution in [2.24, 2.45) is 0 Å². The summed E-state index contributed by atoms with van der Waals surface area (Å²) in [7, 11) is 1.60. The van der Waals surface area contributed by atoms with Crippen molar-refractivity contribution in [2.75, 3.05) is 7.11 Å². The maximum absolute atomic E-state index is 12.1. The first-order valence-electron chi connectivity index (χ1n) is 6.83. The molecule has 0 aliphatic carbocycles. The summed E-state index contributed by atoms with van der Waals surface area (Å²) < 4.78 is 11.9. The molecule has 0 bridgehead atoms. The molecule has 0 N–H and O–H groups in total. The van der Waals surface area contributed by atoms with Crippen LogP contribution in [0.1, 0.15) is 0 Å². The van der Waals surface area contributed by atoms with Crippen LogP contribution >= 0.6 is 0 Å². The Morgan fingerprint density at radius 1 is 1.05 bits per heavy atom. The molecule has 0 radical (unpaired) electrons. The zero-order valence-electron chi connectivity index (χ0n) is 11.8. The standard InChI is InChI=1S/C17H12N2O3/c1-21-15-9-5-3-7-12(15)16-14-10-11-6-2-4-8-13(11)19(14)17(20)22-18-16/h2-10H,1H3. The van der Waals surface area contributed by atoms with Crippen molar-refractivity contribution in [3.63, 3.8) is 0 Å². The highest BCUT2D eigenvalue weighted by Crippen LogP contribution is 2.32. The predicted molar refractivity (Wildman–Crippen MR) is 83.2 cm³/mol. The van der Waals surface area contributed by atoms with Gasteiger partial charge < -0.3 is 4.74 Å². The second-order valence-corrected chi connectivity index (χ2v) is 4.92. The normalized spacial score (nSPS) is 11.1. The van der Waals surface area contributed by atoms with Crippen LogP contribution in [0.5, 0.6) is 5.75 Å². The van der Waals surface area contributed by atoms with Gasteiger partial charge in [-0.2, -0.15) is 0 Å². The number of para-hydroxylation sites is 2. The van der Waals surface area contributed by atoms with E-state index in [1.165, 1.54) is 4.40 Å². The van der Waals surface area contributed by atoms with Crippen molar-refractivity contribution < 1.29 is 9.26 Å². The lowest BCUT2D eigenvalue weighted by atomic mass is 10.1. The van der Waals surface area contributed by atoms with E-state index in [-0.39, 0.29) is 0 Å². The summed E-state index contributed by atoms with van der Waals surface area (Å²) in [6.45, 7) is 0. The van der Waals surface area contributed by atoms with Crippen LogP contribution in [0.4, 0.5) is 0 Å². The van der Waals surface area contributed by atoms with Gasteiger partial charge >= 0.3 is 5.76 Å². The fourth-order valence-corrected chi connectivity index (χ4v) is 2.73. The molecule has 22 heavy (non-hydrogen) atoms. The van der Waals surface area contributed by atoms with E-state index >= 15 is 0 Å². The third-order valence-corrected chi connectivity index (χ3v) is 3.71. The topological polar surface area (TPSA) is 56.7 Å².